The molecule has 78 valence electrons. The molecule has 4 nitrogen and oxygen atoms in total. The van der Waals surface area contributed by atoms with Gasteiger partial charge >= 0.3 is 6.16 Å². The van der Waals surface area contributed by atoms with Crippen LogP contribution < -0.4 is 0 Å². The summed E-state index contributed by atoms with van der Waals surface area (Å²) in [5, 5.41) is 0. The number of carbonyl (C=O) groups is 1. The molecule has 0 aromatic carbocycles. The first-order valence-electron chi connectivity index (χ1n) is 4.32. The highest BCUT2D eigenvalue weighted by molar-refractivity contribution is 6.17. The van der Waals surface area contributed by atoms with Crippen LogP contribution in [0, 0.1) is 0 Å². The Hall–Kier alpha value is -0.480. The van der Waals surface area contributed by atoms with Gasteiger partial charge in [0.25, 0.3) is 0 Å². The molecule has 0 saturated heterocycles. The zero-order chi connectivity index (χ0) is 10.1. The van der Waals surface area contributed by atoms with Gasteiger partial charge in [0.15, 0.2) is 6.07 Å². The largest absolute Gasteiger partial charge is 0.509 e. The first-order valence-corrected chi connectivity index (χ1v) is 4.85. The maximum absolute atomic E-state index is 10.7. The molecule has 0 bridgehead atoms. The fourth-order valence-corrected chi connectivity index (χ4v) is 0.973. The Morgan fingerprint density at radius 1 is 1.31 bits per heavy atom. The van der Waals surface area contributed by atoms with Gasteiger partial charge in [-0.3, -0.25) is 0 Å². The lowest BCUT2D eigenvalue weighted by molar-refractivity contribution is 0.0601. The summed E-state index contributed by atoms with van der Waals surface area (Å²) in [7, 11) is 0. The topological polar surface area (TPSA) is 38.8 Å². The zero-order valence-corrected chi connectivity index (χ0v) is 8.84. The lowest BCUT2D eigenvalue weighted by Gasteiger charge is -2.17. The molecule has 0 heterocycles. The summed E-state index contributed by atoms with van der Waals surface area (Å²) in [6.45, 7) is 7.08. The van der Waals surface area contributed by atoms with E-state index in [1.807, 2.05) is 0 Å². The molecule has 0 aromatic heterocycles. The van der Waals surface area contributed by atoms with E-state index in [0.29, 0.717) is 6.61 Å². The predicted molar refractivity (Wildman–Crippen MR) is 50.9 cm³/mol. The van der Waals surface area contributed by atoms with Gasteiger partial charge in [-0.15, -0.1) is 0 Å². The summed E-state index contributed by atoms with van der Waals surface area (Å²) < 4.78 is 9.11. The van der Waals surface area contributed by atoms with Crippen molar-refractivity contribution in [1.29, 1.82) is 0 Å². The summed E-state index contributed by atoms with van der Waals surface area (Å²) in [6.07, 6.45) is -0.706. The number of carbonyl (C=O) groups excluding carboxylic acids is 1. The maximum Gasteiger partial charge on any atom is 0.509 e. The van der Waals surface area contributed by atoms with E-state index in [4.69, 9.17) is 16.3 Å². The van der Waals surface area contributed by atoms with Gasteiger partial charge in [0.05, 0.1) is 0 Å². The van der Waals surface area contributed by atoms with Crippen LogP contribution in [0.4, 0.5) is 4.79 Å². The third-order valence-electron chi connectivity index (χ3n) is 1.69. The van der Waals surface area contributed by atoms with Crippen LogP contribution in [-0.2, 0) is 9.47 Å². The van der Waals surface area contributed by atoms with Crippen molar-refractivity contribution in [1.82, 2.24) is 4.90 Å². The Balaban J connectivity index is 3.37. The van der Waals surface area contributed by atoms with Gasteiger partial charge in [0.1, 0.15) is 6.61 Å². The Kier molecular flexibility index (Phi) is 7.83. The highest BCUT2D eigenvalue weighted by Gasteiger charge is 2.03. The van der Waals surface area contributed by atoms with Crippen LogP contribution in [0.2, 0.25) is 0 Å². The van der Waals surface area contributed by atoms with Gasteiger partial charge < -0.3 is 14.4 Å². The Morgan fingerprint density at radius 2 is 1.92 bits per heavy atom. The molecule has 0 fully saturated rings. The van der Waals surface area contributed by atoms with E-state index in [1.54, 1.807) is 0 Å². The summed E-state index contributed by atoms with van der Waals surface area (Å²) >= 11 is 5.16. The summed E-state index contributed by atoms with van der Waals surface area (Å²) in [4.78, 5) is 12.8. The molecule has 5 heteroatoms. The second kappa shape index (κ2) is 8.13. The van der Waals surface area contributed by atoms with Gasteiger partial charge in [0.2, 0.25) is 0 Å². The summed E-state index contributed by atoms with van der Waals surface area (Å²) in [5.74, 6) is 0. The molecule has 0 N–H and O–H groups in total. The Labute approximate surface area is 83.7 Å². The molecular formula is C8H16ClNO3. The second-order valence-corrected chi connectivity index (χ2v) is 2.60. The van der Waals surface area contributed by atoms with Crippen molar-refractivity contribution in [2.45, 2.75) is 13.8 Å². The molecular weight excluding hydrogens is 194 g/mol. The van der Waals surface area contributed by atoms with Crippen molar-refractivity contribution in [3.05, 3.63) is 0 Å². The molecule has 0 aromatic rings. The molecule has 0 unspecified atom stereocenters. The van der Waals surface area contributed by atoms with Gasteiger partial charge in [-0.05, 0) is 13.1 Å². The number of ether oxygens (including phenoxy) is 2. The fourth-order valence-electron chi connectivity index (χ4n) is 0.884. The van der Waals surface area contributed by atoms with Crippen LogP contribution in [0.15, 0.2) is 0 Å². The minimum absolute atomic E-state index is 0.163. The Bertz CT molecular complexity index is 139. The van der Waals surface area contributed by atoms with Crippen LogP contribution in [0.5, 0.6) is 0 Å². The minimum Gasteiger partial charge on any atom is -0.433 e. The van der Waals surface area contributed by atoms with Gasteiger partial charge in [-0.1, -0.05) is 25.4 Å². The van der Waals surface area contributed by atoms with Gasteiger partial charge in [0, 0.05) is 6.54 Å². The first-order chi connectivity index (χ1) is 6.24. The highest BCUT2D eigenvalue weighted by atomic mass is 35.5. The molecule has 0 atom stereocenters. The quantitative estimate of drug-likeness (QED) is 0.493. The zero-order valence-electron chi connectivity index (χ0n) is 8.09. The average Bonchev–Trinajstić information content (AvgIpc) is 2.13. The van der Waals surface area contributed by atoms with E-state index in [-0.39, 0.29) is 6.07 Å². The molecule has 0 radical (unpaired) electrons. The molecule has 0 amide bonds. The van der Waals surface area contributed by atoms with Crippen molar-refractivity contribution < 1.29 is 14.3 Å². The molecule has 0 aliphatic carbocycles. The van der Waals surface area contributed by atoms with Crippen LogP contribution in [0.25, 0.3) is 0 Å². The van der Waals surface area contributed by atoms with E-state index in [1.165, 1.54) is 0 Å². The summed E-state index contributed by atoms with van der Waals surface area (Å²) in [6, 6.07) is -0.163. The van der Waals surface area contributed by atoms with E-state index in [9.17, 15) is 4.79 Å². The van der Waals surface area contributed by atoms with Crippen molar-refractivity contribution in [3.63, 3.8) is 0 Å². The molecule has 0 aliphatic heterocycles. The van der Waals surface area contributed by atoms with E-state index in [0.717, 1.165) is 19.6 Å². The molecule has 0 spiro atoms. The molecule has 0 aliphatic rings. The molecule has 0 rings (SSSR count). The van der Waals surface area contributed by atoms with E-state index in [2.05, 4.69) is 23.5 Å². The predicted octanol–water partition coefficient (Wildman–Crippen LogP) is 1.68. The third kappa shape index (κ3) is 6.66. The lowest BCUT2D eigenvalue weighted by atomic mass is 10.5. The van der Waals surface area contributed by atoms with Crippen LogP contribution in [0.1, 0.15) is 13.8 Å². The minimum atomic E-state index is -0.706. The van der Waals surface area contributed by atoms with Gasteiger partial charge in [-0.25, -0.2) is 4.79 Å². The maximum atomic E-state index is 10.7. The third-order valence-corrected chi connectivity index (χ3v) is 1.80. The first kappa shape index (κ1) is 12.5. The Morgan fingerprint density at radius 3 is 2.38 bits per heavy atom. The van der Waals surface area contributed by atoms with Crippen molar-refractivity contribution in [3.8, 4) is 0 Å². The number of alkyl halides is 1. The number of likely N-dealkylation sites (N-methyl/N-ethyl adjacent to an activating group) is 1. The average molecular weight is 210 g/mol. The fraction of sp³-hybridized carbons (Fsp3) is 0.875. The van der Waals surface area contributed by atoms with Crippen molar-refractivity contribution in [2.75, 3.05) is 32.3 Å². The normalized spacial score (nSPS) is 10.2. The number of rotatable bonds is 6. The number of hydrogen-bond acceptors (Lipinski definition) is 4. The van der Waals surface area contributed by atoms with E-state index < -0.39 is 6.16 Å². The van der Waals surface area contributed by atoms with Crippen LogP contribution >= 0.6 is 11.6 Å². The SMILES string of the molecule is CCN(CC)CCOC(=O)OCCl. The highest BCUT2D eigenvalue weighted by Crippen LogP contribution is 1.90. The molecule has 0 saturated carbocycles. The monoisotopic (exact) mass is 209 g/mol. The van der Waals surface area contributed by atoms with Crippen LogP contribution in [-0.4, -0.2) is 43.4 Å². The standard InChI is InChI=1S/C8H16ClNO3/c1-3-10(4-2)5-6-12-8(11)13-7-9/h3-7H2,1-2H3. The number of halogens is 1. The number of hydrogen-bond donors (Lipinski definition) is 0. The van der Waals surface area contributed by atoms with E-state index >= 15 is 0 Å². The lowest BCUT2D eigenvalue weighted by Crippen LogP contribution is -2.27. The van der Waals surface area contributed by atoms with Crippen molar-refractivity contribution in [2.24, 2.45) is 0 Å². The molecule has 13 heavy (non-hydrogen) atoms. The summed E-state index contributed by atoms with van der Waals surface area (Å²) in [5.41, 5.74) is 0. The van der Waals surface area contributed by atoms with Crippen molar-refractivity contribution >= 4 is 17.8 Å². The van der Waals surface area contributed by atoms with Crippen LogP contribution in [0.3, 0.4) is 0 Å². The van der Waals surface area contributed by atoms with Gasteiger partial charge in [-0.2, -0.15) is 0 Å². The second-order valence-electron chi connectivity index (χ2n) is 2.38. The smallest absolute Gasteiger partial charge is 0.433 e. The number of nitrogens with zero attached hydrogens (tertiary/aromatic N) is 1.